The van der Waals surface area contributed by atoms with Gasteiger partial charge >= 0.3 is 12.0 Å². The number of carbonyl (C=O) groups is 2. The minimum Gasteiger partial charge on any atom is -0.496 e. The number of hydrogen-bond donors (Lipinski definition) is 2. The molecule has 3 unspecified atom stereocenters. The summed E-state index contributed by atoms with van der Waals surface area (Å²) in [4.78, 5) is 34.9. The van der Waals surface area contributed by atoms with Gasteiger partial charge in [-0.2, -0.15) is 0 Å². The van der Waals surface area contributed by atoms with Gasteiger partial charge < -0.3 is 24.7 Å². The van der Waals surface area contributed by atoms with Crippen LogP contribution in [-0.4, -0.2) is 53.7 Å². The summed E-state index contributed by atoms with van der Waals surface area (Å²) in [6, 6.07) is 6.13. The van der Waals surface area contributed by atoms with Crippen LogP contribution >= 0.6 is 0 Å². The highest BCUT2D eigenvalue weighted by Gasteiger charge is 2.37. The van der Waals surface area contributed by atoms with Crippen LogP contribution in [0.2, 0.25) is 0 Å². The first-order valence-corrected chi connectivity index (χ1v) is 9.81. The highest BCUT2D eigenvalue weighted by molar-refractivity contribution is 5.84. The SMILES string of the molecule is CCC(C)C(NC(=O)N1CCc2[nH]cnc2C1c1ccccc1OC)C(=O)OC. The van der Waals surface area contributed by atoms with Gasteiger partial charge in [-0.25, -0.2) is 14.6 Å². The molecular formula is C21H28N4O4. The molecule has 1 aliphatic rings. The normalized spacial score (nSPS) is 17.8. The number of esters is 1. The quantitative estimate of drug-likeness (QED) is 0.727. The minimum atomic E-state index is -0.712. The average Bonchev–Trinajstić information content (AvgIpc) is 3.24. The maximum atomic E-state index is 13.3. The molecule has 2 N–H and O–H groups in total. The number of H-pyrrole nitrogens is 1. The zero-order valence-corrected chi connectivity index (χ0v) is 17.3. The number of urea groups is 1. The van der Waals surface area contributed by atoms with Gasteiger partial charge in [0.2, 0.25) is 0 Å². The first-order chi connectivity index (χ1) is 14.0. The number of carbonyl (C=O) groups excluding carboxylic acids is 2. The number of fused-ring (bicyclic) bond motifs is 1. The summed E-state index contributed by atoms with van der Waals surface area (Å²) in [5.41, 5.74) is 2.63. The van der Waals surface area contributed by atoms with E-state index in [2.05, 4.69) is 15.3 Å². The fraction of sp³-hybridized carbons (Fsp3) is 0.476. The molecule has 0 aliphatic carbocycles. The molecule has 8 heteroatoms. The zero-order chi connectivity index (χ0) is 21.0. The zero-order valence-electron chi connectivity index (χ0n) is 17.3. The predicted octanol–water partition coefficient (Wildman–Crippen LogP) is 2.66. The molecule has 0 radical (unpaired) electrons. The molecule has 1 aromatic heterocycles. The van der Waals surface area contributed by atoms with Crippen LogP contribution in [-0.2, 0) is 16.0 Å². The third kappa shape index (κ3) is 4.06. The number of para-hydroxylation sites is 1. The van der Waals surface area contributed by atoms with Crippen molar-refractivity contribution in [2.45, 2.75) is 38.8 Å². The van der Waals surface area contributed by atoms with E-state index in [1.807, 2.05) is 38.1 Å². The highest BCUT2D eigenvalue weighted by atomic mass is 16.5. The van der Waals surface area contributed by atoms with Crippen molar-refractivity contribution in [3.63, 3.8) is 0 Å². The molecule has 1 aromatic carbocycles. The molecule has 0 saturated carbocycles. The first kappa shape index (κ1) is 20.7. The van der Waals surface area contributed by atoms with E-state index in [1.165, 1.54) is 7.11 Å². The number of benzene rings is 1. The van der Waals surface area contributed by atoms with Gasteiger partial charge in [0.15, 0.2) is 0 Å². The smallest absolute Gasteiger partial charge is 0.328 e. The van der Waals surface area contributed by atoms with Gasteiger partial charge in [-0.3, -0.25) is 0 Å². The second-order valence-electron chi connectivity index (χ2n) is 7.19. The van der Waals surface area contributed by atoms with Crippen molar-refractivity contribution in [2.24, 2.45) is 5.92 Å². The molecule has 0 fully saturated rings. The van der Waals surface area contributed by atoms with Crippen molar-refractivity contribution < 1.29 is 19.1 Å². The van der Waals surface area contributed by atoms with E-state index in [-0.39, 0.29) is 11.9 Å². The number of nitrogens with one attached hydrogen (secondary N) is 2. The second kappa shape index (κ2) is 8.98. The number of amides is 2. The number of aromatic nitrogens is 2. The van der Waals surface area contributed by atoms with E-state index < -0.39 is 18.1 Å². The summed E-state index contributed by atoms with van der Waals surface area (Å²) in [7, 11) is 2.94. The predicted molar refractivity (Wildman–Crippen MR) is 108 cm³/mol. The Morgan fingerprint density at radius 2 is 2.10 bits per heavy atom. The molecule has 2 heterocycles. The molecular weight excluding hydrogens is 372 g/mol. The monoisotopic (exact) mass is 400 g/mol. The van der Waals surface area contributed by atoms with Crippen LogP contribution in [0, 0.1) is 5.92 Å². The van der Waals surface area contributed by atoms with Gasteiger partial charge in [-0.1, -0.05) is 38.5 Å². The number of methoxy groups -OCH3 is 2. The van der Waals surface area contributed by atoms with E-state index in [0.717, 1.165) is 23.4 Å². The van der Waals surface area contributed by atoms with Crippen molar-refractivity contribution in [3.05, 3.63) is 47.5 Å². The van der Waals surface area contributed by atoms with Crippen molar-refractivity contribution in [3.8, 4) is 5.75 Å². The molecule has 0 spiro atoms. The lowest BCUT2D eigenvalue weighted by molar-refractivity contribution is -0.144. The number of ether oxygens (including phenoxy) is 2. The number of imidazole rings is 1. The van der Waals surface area contributed by atoms with Crippen LogP contribution in [0.25, 0.3) is 0 Å². The Morgan fingerprint density at radius 3 is 2.79 bits per heavy atom. The lowest BCUT2D eigenvalue weighted by Crippen LogP contribution is -2.53. The van der Waals surface area contributed by atoms with Crippen molar-refractivity contribution in [1.29, 1.82) is 0 Å². The van der Waals surface area contributed by atoms with Gasteiger partial charge in [-0.05, 0) is 12.0 Å². The lowest BCUT2D eigenvalue weighted by Gasteiger charge is -2.37. The molecule has 0 bridgehead atoms. The number of hydrogen-bond acceptors (Lipinski definition) is 5. The fourth-order valence-electron chi connectivity index (χ4n) is 3.71. The maximum Gasteiger partial charge on any atom is 0.328 e. The van der Waals surface area contributed by atoms with Crippen LogP contribution in [0.15, 0.2) is 30.6 Å². The minimum absolute atomic E-state index is 0.0538. The van der Waals surface area contributed by atoms with Crippen LogP contribution in [0.4, 0.5) is 4.79 Å². The van der Waals surface area contributed by atoms with Crippen LogP contribution in [0.3, 0.4) is 0 Å². The van der Waals surface area contributed by atoms with Gasteiger partial charge in [0.1, 0.15) is 17.8 Å². The largest absolute Gasteiger partial charge is 0.496 e. The van der Waals surface area contributed by atoms with Crippen LogP contribution in [0.5, 0.6) is 5.75 Å². The Bertz CT molecular complexity index is 866. The average molecular weight is 400 g/mol. The maximum absolute atomic E-state index is 13.3. The van der Waals surface area contributed by atoms with Gasteiger partial charge in [0.25, 0.3) is 0 Å². The summed E-state index contributed by atoms with van der Waals surface area (Å²) in [6.45, 7) is 4.38. The molecule has 3 rings (SSSR count). The van der Waals surface area contributed by atoms with Crippen LogP contribution < -0.4 is 10.1 Å². The Kier molecular flexibility index (Phi) is 6.41. The highest BCUT2D eigenvalue weighted by Crippen LogP contribution is 2.37. The molecule has 1 aliphatic heterocycles. The van der Waals surface area contributed by atoms with E-state index >= 15 is 0 Å². The Morgan fingerprint density at radius 1 is 1.34 bits per heavy atom. The number of aromatic amines is 1. The summed E-state index contributed by atoms with van der Waals surface area (Å²) >= 11 is 0. The van der Waals surface area contributed by atoms with Crippen LogP contribution in [0.1, 0.15) is 43.3 Å². The Labute approximate surface area is 170 Å². The molecule has 2 aromatic rings. The molecule has 8 nitrogen and oxygen atoms in total. The van der Waals surface area contributed by atoms with E-state index in [9.17, 15) is 9.59 Å². The summed E-state index contributed by atoms with van der Waals surface area (Å²) in [5.74, 6) is 0.179. The summed E-state index contributed by atoms with van der Waals surface area (Å²) < 4.78 is 10.4. The Hall–Kier alpha value is -3.03. The van der Waals surface area contributed by atoms with Gasteiger partial charge in [0, 0.05) is 24.2 Å². The van der Waals surface area contributed by atoms with Crippen molar-refractivity contribution >= 4 is 12.0 Å². The molecule has 29 heavy (non-hydrogen) atoms. The molecule has 0 saturated heterocycles. The Balaban J connectivity index is 1.96. The summed E-state index contributed by atoms with van der Waals surface area (Å²) in [6.07, 6.45) is 3.03. The third-order valence-electron chi connectivity index (χ3n) is 5.57. The fourth-order valence-corrected chi connectivity index (χ4v) is 3.71. The topological polar surface area (TPSA) is 96.5 Å². The van der Waals surface area contributed by atoms with E-state index in [4.69, 9.17) is 9.47 Å². The van der Waals surface area contributed by atoms with E-state index in [0.29, 0.717) is 18.7 Å². The molecule has 3 atom stereocenters. The van der Waals surface area contributed by atoms with Gasteiger partial charge in [-0.15, -0.1) is 0 Å². The standard InChI is InChI=1S/C21H28N4O4/c1-5-13(2)17(20(26)29-4)24-21(27)25-11-10-15-18(23-12-22-15)19(25)14-8-6-7-9-16(14)28-3/h6-9,12-13,17,19H,5,10-11H2,1-4H3,(H,22,23)(H,24,27). The number of rotatable bonds is 6. The lowest BCUT2D eigenvalue weighted by atomic mass is 9.95. The first-order valence-electron chi connectivity index (χ1n) is 9.81. The van der Waals surface area contributed by atoms with Crippen molar-refractivity contribution in [1.82, 2.24) is 20.2 Å². The summed E-state index contributed by atoms with van der Waals surface area (Å²) in [5, 5.41) is 2.88. The van der Waals surface area contributed by atoms with Crippen molar-refractivity contribution in [2.75, 3.05) is 20.8 Å². The third-order valence-corrected chi connectivity index (χ3v) is 5.57. The number of nitrogens with zero attached hydrogens (tertiary/aromatic N) is 2. The molecule has 156 valence electrons. The molecule has 2 amide bonds. The second-order valence-corrected chi connectivity index (χ2v) is 7.19. The van der Waals surface area contributed by atoms with E-state index in [1.54, 1.807) is 18.3 Å². The van der Waals surface area contributed by atoms with Gasteiger partial charge in [0.05, 0.1) is 26.2 Å².